The number of rotatable bonds is 2. The first-order valence-electron chi connectivity index (χ1n) is 7.10. The maximum Gasteiger partial charge on any atom is 0.170 e. The summed E-state index contributed by atoms with van der Waals surface area (Å²) < 4.78 is 3.75. The Kier molecular flexibility index (Phi) is 2.95. The first-order valence-corrected chi connectivity index (χ1v) is 8.04. The van der Waals surface area contributed by atoms with Crippen LogP contribution >= 0.6 is 11.3 Å². The molecule has 8 heteroatoms. The molecule has 0 radical (unpaired) electrons. The van der Waals surface area contributed by atoms with Gasteiger partial charge in [0.15, 0.2) is 22.8 Å². The van der Waals surface area contributed by atoms with Crippen LogP contribution in [0.15, 0.2) is 23.2 Å². The number of aryl methyl sites for hydroxylation is 2. The summed E-state index contributed by atoms with van der Waals surface area (Å²) in [5.41, 5.74) is 11.2. The molecule has 0 unspecified atom stereocenters. The maximum absolute atomic E-state index is 6.12. The van der Waals surface area contributed by atoms with Gasteiger partial charge >= 0.3 is 0 Å². The number of thiophene rings is 1. The third-order valence-electron chi connectivity index (χ3n) is 3.94. The zero-order chi connectivity index (χ0) is 16.1. The molecule has 4 heterocycles. The summed E-state index contributed by atoms with van der Waals surface area (Å²) in [5.74, 6) is 0.955. The zero-order valence-electron chi connectivity index (χ0n) is 13.0. The fourth-order valence-corrected chi connectivity index (χ4v) is 3.34. The summed E-state index contributed by atoms with van der Waals surface area (Å²) in [6, 6.07) is 2.02. The highest BCUT2D eigenvalue weighted by Crippen LogP contribution is 2.28. The molecule has 0 saturated heterocycles. The van der Waals surface area contributed by atoms with Crippen LogP contribution in [-0.4, -0.2) is 29.3 Å². The van der Waals surface area contributed by atoms with E-state index in [0.717, 1.165) is 22.6 Å². The molecule has 0 amide bonds. The third kappa shape index (κ3) is 2.02. The largest absolute Gasteiger partial charge is 0.382 e. The van der Waals surface area contributed by atoms with E-state index < -0.39 is 0 Å². The van der Waals surface area contributed by atoms with Crippen LogP contribution in [0.5, 0.6) is 0 Å². The molecule has 0 aliphatic heterocycles. The van der Waals surface area contributed by atoms with Crippen LogP contribution < -0.4 is 5.73 Å². The van der Waals surface area contributed by atoms with Gasteiger partial charge in [-0.05, 0) is 25.3 Å². The van der Waals surface area contributed by atoms with Crippen molar-refractivity contribution in [2.24, 2.45) is 7.05 Å². The predicted molar refractivity (Wildman–Crippen MR) is 90.6 cm³/mol. The van der Waals surface area contributed by atoms with E-state index in [9.17, 15) is 0 Å². The smallest absolute Gasteiger partial charge is 0.170 e. The highest BCUT2D eigenvalue weighted by molar-refractivity contribution is 7.08. The van der Waals surface area contributed by atoms with E-state index in [4.69, 9.17) is 10.7 Å². The number of nitrogen functional groups attached to an aromatic ring is 1. The Labute approximate surface area is 136 Å². The Morgan fingerprint density at radius 1 is 1.22 bits per heavy atom. The van der Waals surface area contributed by atoms with Crippen LogP contribution in [0, 0.1) is 13.8 Å². The molecule has 0 spiro atoms. The highest BCUT2D eigenvalue weighted by Gasteiger charge is 2.18. The van der Waals surface area contributed by atoms with Gasteiger partial charge in [-0.2, -0.15) is 16.4 Å². The molecule has 0 atom stereocenters. The van der Waals surface area contributed by atoms with Gasteiger partial charge in [-0.15, -0.1) is 0 Å². The average Bonchev–Trinajstić information content (AvgIpc) is 3.19. The summed E-state index contributed by atoms with van der Waals surface area (Å²) in [4.78, 5) is 13.5. The lowest BCUT2D eigenvalue weighted by molar-refractivity contribution is 0.731. The lowest BCUT2D eigenvalue weighted by Crippen LogP contribution is -2.01. The normalized spacial score (nSPS) is 11.4. The molecular weight excluding hydrogens is 310 g/mol. The molecule has 4 rings (SSSR count). The van der Waals surface area contributed by atoms with E-state index in [1.54, 1.807) is 17.7 Å². The number of aromatic nitrogens is 6. The number of fused-ring (bicyclic) bond motifs is 1. The predicted octanol–water partition coefficient (Wildman–Crippen LogP) is 2.48. The summed E-state index contributed by atoms with van der Waals surface area (Å²) >= 11 is 1.62. The van der Waals surface area contributed by atoms with Gasteiger partial charge in [-0.25, -0.2) is 15.0 Å². The fourth-order valence-electron chi connectivity index (χ4n) is 2.71. The minimum Gasteiger partial charge on any atom is -0.382 e. The number of anilines is 1. The van der Waals surface area contributed by atoms with Crippen LogP contribution in [0.4, 0.5) is 5.82 Å². The second kappa shape index (κ2) is 4.88. The fraction of sp³-hybridized carbons (Fsp3) is 0.200. The molecule has 4 aromatic heterocycles. The van der Waals surface area contributed by atoms with Gasteiger partial charge in [0.1, 0.15) is 6.33 Å². The molecule has 23 heavy (non-hydrogen) atoms. The van der Waals surface area contributed by atoms with Gasteiger partial charge in [0.05, 0.1) is 16.9 Å². The molecule has 2 N–H and O–H groups in total. The molecular formula is C15H15N7S. The first kappa shape index (κ1) is 13.9. The van der Waals surface area contributed by atoms with Gasteiger partial charge in [0, 0.05) is 18.1 Å². The molecule has 116 valence electrons. The van der Waals surface area contributed by atoms with Crippen molar-refractivity contribution in [3.63, 3.8) is 0 Å². The molecule has 0 saturated carbocycles. The average molecular weight is 325 g/mol. The number of nitrogens with two attached hydrogens (primary N) is 1. The Bertz CT molecular complexity index is 1010. The number of nitrogens with zero attached hydrogens (tertiary/aromatic N) is 6. The van der Waals surface area contributed by atoms with Gasteiger partial charge in [0.25, 0.3) is 0 Å². The van der Waals surface area contributed by atoms with Crippen molar-refractivity contribution in [2.75, 3.05) is 5.73 Å². The lowest BCUT2D eigenvalue weighted by Gasteiger charge is -2.05. The monoisotopic (exact) mass is 325 g/mol. The van der Waals surface area contributed by atoms with Crippen molar-refractivity contribution in [2.45, 2.75) is 13.8 Å². The summed E-state index contributed by atoms with van der Waals surface area (Å²) in [5, 5.41) is 8.49. The molecule has 0 aromatic carbocycles. The van der Waals surface area contributed by atoms with Gasteiger partial charge in [0.2, 0.25) is 0 Å². The van der Waals surface area contributed by atoms with Gasteiger partial charge in [-0.3, -0.25) is 9.25 Å². The molecule has 4 aromatic rings. The van der Waals surface area contributed by atoms with Gasteiger partial charge in [-0.1, -0.05) is 0 Å². The minimum atomic E-state index is 0.377. The van der Waals surface area contributed by atoms with Crippen LogP contribution in [-0.2, 0) is 7.05 Å². The Morgan fingerprint density at radius 3 is 2.70 bits per heavy atom. The van der Waals surface area contributed by atoms with Crippen molar-refractivity contribution < 1.29 is 0 Å². The summed E-state index contributed by atoms with van der Waals surface area (Å²) in [6.45, 7) is 3.94. The topological polar surface area (TPSA) is 87.4 Å². The number of imidazole rings is 1. The maximum atomic E-state index is 6.12. The van der Waals surface area contributed by atoms with E-state index >= 15 is 0 Å². The molecule has 0 aliphatic rings. The van der Waals surface area contributed by atoms with Crippen LogP contribution in [0.1, 0.15) is 11.4 Å². The van der Waals surface area contributed by atoms with Crippen LogP contribution in [0.25, 0.3) is 28.2 Å². The van der Waals surface area contributed by atoms with Crippen molar-refractivity contribution in [1.29, 1.82) is 0 Å². The quantitative estimate of drug-likeness (QED) is 0.612. The van der Waals surface area contributed by atoms with E-state index in [1.165, 1.54) is 0 Å². The zero-order valence-corrected chi connectivity index (χ0v) is 13.8. The lowest BCUT2D eigenvalue weighted by atomic mass is 10.2. The minimum absolute atomic E-state index is 0.377. The highest BCUT2D eigenvalue weighted by atomic mass is 32.1. The standard InChI is InChI=1S/C15H15N7S/c1-8-11(9(2)21(3)20-8)14-18-13(16)12-15(19-14)22(7-17-12)10-4-5-23-6-10/h4-7H,1-3H3,(H2,16,18,19). The van der Waals surface area contributed by atoms with E-state index in [0.29, 0.717) is 22.8 Å². The van der Waals surface area contributed by atoms with Crippen molar-refractivity contribution in [3.8, 4) is 17.1 Å². The van der Waals surface area contributed by atoms with Crippen LogP contribution in [0.2, 0.25) is 0 Å². The van der Waals surface area contributed by atoms with Crippen molar-refractivity contribution >= 4 is 28.3 Å². The van der Waals surface area contributed by atoms with Crippen molar-refractivity contribution in [1.82, 2.24) is 29.3 Å². The first-order chi connectivity index (χ1) is 11.1. The Hall–Kier alpha value is -2.74. The van der Waals surface area contributed by atoms with E-state index in [2.05, 4.69) is 15.1 Å². The molecule has 0 fully saturated rings. The second-order valence-electron chi connectivity index (χ2n) is 5.37. The van der Waals surface area contributed by atoms with Crippen LogP contribution in [0.3, 0.4) is 0 Å². The second-order valence-corrected chi connectivity index (χ2v) is 6.15. The number of hydrogen-bond acceptors (Lipinski definition) is 6. The van der Waals surface area contributed by atoms with E-state index in [-0.39, 0.29) is 0 Å². The Balaban J connectivity index is 2.01. The summed E-state index contributed by atoms with van der Waals surface area (Å²) in [7, 11) is 1.91. The van der Waals surface area contributed by atoms with Gasteiger partial charge < -0.3 is 5.73 Å². The number of hydrogen-bond donors (Lipinski definition) is 1. The Morgan fingerprint density at radius 2 is 2.04 bits per heavy atom. The van der Waals surface area contributed by atoms with E-state index in [1.807, 2.05) is 47.0 Å². The SMILES string of the molecule is Cc1nn(C)c(C)c1-c1nc(N)c2ncn(-c3ccsc3)c2n1. The summed E-state index contributed by atoms with van der Waals surface area (Å²) in [6.07, 6.45) is 1.73. The molecule has 0 bridgehead atoms. The molecule has 7 nitrogen and oxygen atoms in total. The third-order valence-corrected chi connectivity index (χ3v) is 4.61. The van der Waals surface area contributed by atoms with Crippen molar-refractivity contribution in [3.05, 3.63) is 34.5 Å². The molecule has 0 aliphatic carbocycles.